The summed E-state index contributed by atoms with van der Waals surface area (Å²) in [5.74, 6) is -0.192. The molecule has 5 nitrogen and oxygen atoms in total. The molecule has 0 saturated carbocycles. The second-order valence-electron chi connectivity index (χ2n) is 5.44. The van der Waals surface area contributed by atoms with Gasteiger partial charge in [-0.15, -0.1) is 0 Å². The normalized spacial score (nSPS) is 11.5. The molecule has 0 atom stereocenters. The summed E-state index contributed by atoms with van der Waals surface area (Å²) in [5.41, 5.74) is 0.623. The number of hydrogen-bond acceptors (Lipinski definition) is 4. The van der Waals surface area contributed by atoms with Crippen molar-refractivity contribution < 1.29 is 9.84 Å². The van der Waals surface area contributed by atoms with Crippen molar-refractivity contribution in [3.05, 3.63) is 28.2 Å². The van der Waals surface area contributed by atoms with Gasteiger partial charge in [0, 0.05) is 31.5 Å². The van der Waals surface area contributed by atoms with E-state index in [9.17, 15) is 9.90 Å². The van der Waals surface area contributed by atoms with Gasteiger partial charge in [-0.3, -0.25) is 9.69 Å². The second kappa shape index (κ2) is 8.85. The monoisotopic (exact) mass is 296 g/mol. The van der Waals surface area contributed by atoms with Crippen molar-refractivity contribution in [1.82, 2.24) is 9.47 Å². The zero-order chi connectivity index (χ0) is 15.8. The molecule has 0 amide bonds. The lowest BCUT2D eigenvalue weighted by atomic mass is 10.2. The van der Waals surface area contributed by atoms with Gasteiger partial charge in [0.05, 0.1) is 12.3 Å². The SMILES string of the molecule is CCN(CC)Cc1cc(=O)c(O)cn1CCCOC(C)C. The predicted octanol–water partition coefficient (Wildman–Crippen LogP) is 2.21. The van der Waals surface area contributed by atoms with Crippen LogP contribution in [0.15, 0.2) is 17.1 Å². The molecule has 1 rings (SSSR count). The molecular formula is C16H28N2O3. The van der Waals surface area contributed by atoms with Crippen LogP contribution < -0.4 is 5.43 Å². The van der Waals surface area contributed by atoms with E-state index in [-0.39, 0.29) is 17.3 Å². The summed E-state index contributed by atoms with van der Waals surface area (Å²) >= 11 is 0. The Morgan fingerprint density at radius 1 is 1.33 bits per heavy atom. The standard InChI is InChI=1S/C16H28N2O3/c1-5-17(6-2)11-14-10-15(19)16(20)12-18(14)8-7-9-21-13(3)4/h10,12-13,20H,5-9,11H2,1-4H3. The van der Waals surface area contributed by atoms with E-state index >= 15 is 0 Å². The molecule has 120 valence electrons. The third-order valence-corrected chi connectivity index (χ3v) is 3.47. The van der Waals surface area contributed by atoms with E-state index in [1.807, 2.05) is 18.4 Å². The van der Waals surface area contributed by atoms with Gasteiger partial charge in [0.2, 0.25) is 5.43 Å². The number of aryl methyl sites for hydroxylation is 1. The highest BCUT2D eigenvalue weighted by atomic mass is 16.5. The van der Waals surface area contributed by atoms with E-state index in [1.54, 1.807) is 0 Å². The fourth-order valence-corrected chi connectivity index (χ4v) is 2.18. The zero-order valence-corrected chi connectivity index (χ0v) is 13.6. The van der Waals surface area contributed by atoms with Gasteiger partial charge in [0.25, 0.3) is 0 Å². The molecule has 0 radical (unpaired) electrons. The van der Waals surface area contributed by atoms with Crippen molar-refractivity contribution in [2.75, 3.05) is 19.7 Å². The molecule has 0 saturated heterocycles. The van der Waals surface area contributed by atoms with E-state index < -0.39 is 0 Å². The van der Waals surface area contributed by atoms with Crippen LogP contribution in [0.25, 0.3) is 0 Å². The first-order chi connectivity index (χ1) is 9.97. The lowest BCUT2D eigenvalue weighted by Gasteiger charge is -2.21. The molecule has 0 bridgehead atoms. The highest BCUT2D eigenvalue weighted by molar-refractivity contribution is 5.20. The second-order valence-corrected chi connectivity index (χ2v) is 5.44. The quantitative estimate of drug-likeness (QED) is 0.710. The molecule has 0 aromatic carbocycles. The van der Waals surface area contributed by atoms with E-state index in [0.717, 1.165) is 31.7 Å². The number of rotatable bonds is 9. The maximum Gasteiger partial charge on any atom is 0.223 e. The van der Waals surface area contributed by atoms with Gasteiger partial charge in [-0.2, -0.15) is 0 Å². The van der Waals surface area contributed by atoms with Crippen LogP contribution in [0, 0.1) is 0 Å². The molecule has 0 aliphatic rings. The third kappa shape index (κ3) is 5.89. The molecule has 0 aliphatic carbocycles. The Labute approximate surface area is 127 Å². The molecule has 0 aliphatic heterocycles. The van der Waals surface area contributed by atoms with Gasteiger partial charge in [0.15, 0.2) is 5.75 Å². The van der Waals surface area contributed by atoms with Gasteiger partial charge < -0.3 is 14.4 Å². The number of aromatic hydroxyl groups is 1. The van der Waals surface area contributed by atoms with Crippen molar-refractivity contribution in [3.8, 4) is 5.75 Å². The lowest BCUT2D eigenvalue weighted by Crippen LogP contribution is -2.26. The Morgan fingerprint density at radius 3 is 2.57 bits per heavy atom. The van der Waals surface area contributed by atoms with Crippen LogP contribution in [-0.2, 0) is 17.8 Å². The van der Waals surface area contributed by atoms with E-state index in [1.165, 1.54) is 12.3 Å². The summed E-state index contributed by atoms with van der Waals surface area (Å²) in [6, 6.07) is 1.54. The van der Waals surface area contributed by atoms with E-state index in [4.69, 9.17) is 4.74 Å². The fourth-order valence-electron chi connectivity index (χ4n) is 2.18. The molecule has 1 heterocycles. The first kappa shape index (κ1) is 17.7. The van der Waals surface area contributed by atoms with Crippen molar-refractivity contribution in [2.24, 2.45) is 0 Å². The smallest absolute Gasteiger partial charge is 0.223 e. The fraction of sp³-hybridized carbons (Fsp3) is 0.688. The van der Waals surface area contributed by atoms with Gasteiger partial charge in [0.1, 0.15) is 0 Å². The topological polar surface area (TPSA) is 54.7 Å². The molecular weight excluding hydrogens is 268 g/mol. The Kier molecular flexibility index (Phi) is 7.47. The Morgan fingerprint density at radius 2 is 2.00 bits per heavy atom. The Balaban J connectivity index is 2.79. The van der Waals surface area contributed by atoms with Crippen molar-refractivity contribution >= 4 is 0 Å². The molecule has 1 aromatic rings. The Bertz CT molecular complexity index is 479. The van der Waals surface area contributed by atoms with Crippen LogP contribution in [0.3, 0.4) is 0 Å². The summed E-state index contributed by atoms with van der Waals surface area (Å²) in [6.45, 7) is 12.2. The predicted molar refractivity (Wildman–Crippen MR) is 84.7 cm³/mol. The summed E-state index contributed by atoms with van der Waals surface area (Å²) in [6.07, 6.45) is 2.62. The third-order valence-electron chi connectivity index (χ3n) is 3.47. The lowest BCUT2D eigenvalue weighted by molar-refractivity contribution is 0.0746. The van der Waals surface area contributed by atoms with Gasteiger partial charge in [-0.1, -0.05) is 13.8 Å². The molecule has 5 heteroatoms. The summed E-state index contributed by atoms with van der Waals surface area (Å²) in [5, 5.41) is 9.64. The summed E-state index contributed by atoms with van der Waals surface area (Å²) in [4.78, 5) is 13.9. The average molecular weight is 296 g/mol. The minimum Gasteiger partial charge on any atom is -0.503 e. The van der Waals surface area contributed by atoms with Gasteiger partial charge in [-0.05, 0) is 33.4 Å². The first-order valence-electron chi connectivity index (χ1n) is 7.74. The molecule has 0 spiro atoms. The minimum absolute atomic E-state index is 0.192. The van der Waals surface area contributed by atoms with Crippen LogP contribution in [0.1, 0.15) is 39.8 Å². The van der Waals surface area contributed by atoms with Crippen molar-refractivity contribution in [1.29, 1.82) is 0 Å². The highest BCUT2D eigenvalue weighted by Gasteiger charge is 2.09. The van der Waals surface area contributed by atoms with Crippen molar-refractivity contribution in [3.63, 3.8) is 0 Å². The van der Waals surface area contributed by atoms with Crippen LogP contribution in [0.2, 0.25) is 0 Å². The molecule has 1 aromatic heterocycles. The molecule has 21 heavy (non-hydrogen) atoms. The molecule has 0 fully saturated rings. The molecule has 0 unspecified atom stereocenters. The van der Waals surface area contributed by atoms with E-state index in [2.05, 4.69) is 18.7 Å². The first-order valence-corrected chi connectivity index (χ1v) is 7.74. The Hall–Kier alpha value is -1.33. The average Bonchev–Trinajstić information content (AvgIpc) is 2.45. The highest BCUT2D eigenvalue weighted by Crippen LogP contribution is 2.09. The number of nitrogens with zero attached hydrogens (tertiary/aromatic N) is 2. The van der Waals surface area contributed by atoms with Crippen LogP contribution in [-0.4, -0.2) is 40.4 Å². The number of pyridine rings is 1. The maximum absolute atomic E-state index is 11.7. The van der Waals surface area contributed by atoms with Gasteiger partial charge in [-0.25, -0.2) is 0 Å². The van der Waals surface area contributed by atoms with Crippen LogP contribution in [0.4, 0.5) is 0 Å². The van der Waals surface area contributed by atoms with E-state index in [0.29, 0.717) is 13.2 Å². The largest absolute Gasteiger partial charge is 0.503 e. The summed E-state index contributed by atoms with van der Waals surface area (Å²) < 4.78 is 7.49. The number of aromatic nitrogens is 1. The maximum atomic E-state index is 11.7. The molecule has 1 N–H and O–H groups in total. The van der Waals surface area contributed by atoms with Gasteiger partial charge >= 0.3 is 0 Å². The minimum atomic E-state index is -0.313. The van der Waals surface area contributed by atoms with Crippen LogP contribution >= 0.6 is 0 Å². The van der Waals surface area contributed by atoms with Crippen molar-refractivity contribution in [2.45, 2.75) is 53.3 Å². The number of ether oxygens (including phenoxy) is 1. The van der Waals surface area contributed by atoms with Crippen LogP contribution in [0.5, 0.6) is 5.75 Å². The number of hydrogen-bond donors (Lipinski definition) is 1. The zero-order valence-electron chi connectivity index (χ0n) is 13.6. The summed E-state index contributed by atoms with van der Waals surface area (Å²) in [7, 11) is 0.